The fourth-order valence-electron chi connectivity index (χ4n) is 2.38. The van der Waals surface area contributed by atoms with Crippen LogP contribution in [0.25, 0.3) is 0 Å². The maximum Gasteiger partial charge on any atom is 0.253 e. The number of carbonyl (C=O) groups is 1. The fraction of sp³-hybridized carbons (Fsp3) is 0.278. The summed E-state index contributed by atoms with van der Waals surface area (Å²) in [4.78, 5) is 11.8. The molecule has 0 saturated heterocycles. The molecule has 0 heterocycles. The second-order valence-corrected chi connectivity index (χ2v) is 5.55. The van der Waals surface area contributed by atoms with Crippen molar-refractivity contribution in [2.24, 2.45) is 0 Å². The van der Waals surface area contributed by atoms with Crippen molar-refractivity contribution in [2.75, 3.05) is 7.05 Å². The number of para-hydroxylation sites is 1. The number of ether oxygens (including phenoxy) is 1. The Bertz CT molecular complexity index is 661. The zero-order valence-corrected chi connectivity index (χ0v) is 13.9. The molecule has 2 atom stereocenters. The molecule has 0 aliphatic heterocycles. The van der Waals surface area contributed by atoms with Gasteiger partial charge < -0.3 is 15.2 Å². The smallest absolute Gasteiger partial charge is 0.253 e. The van der Waals surface area contributed by atoms with Crippen LogP contribution in [0.1, 0.15) is 36.7 Å². The van der Waals surface area contributed by atoms with Gasteiger partial charge in [-0.15, -0.1) is 0 Å². The average Bonchev–Trinajstić information content (AvgIpc) is 2.59. The van der Waals surface area contributed by atoms with E-state index in [0.29, 0.717) is 22.6 Å². The molecule has 1 amide bonds. The van der Waals surface area contributed by atoms with Crippen LogP contribution in [-0.2, 0) is 4.79 Å². The minimum Gasteiger partial charge on any atom is -0.486 e. The number of carbonyl (C=O) groups excluding carboxylic acids is 1. The summed E-state index contributed by atoms with van der Waals surface area (Å²) in [6.45, 7) is 1.98. The highest BCUT2D eigenvalue weighted by atomic mass is 35.5. The Hall–Kier alpha value is -2.04. The van der Waals surface area contributed by atoms with E-state index in [-0.39, 0.29) is 6.10 Å². The number of amides is 1. The molecule has 23 heavy (non-hydrogen) atoms. The van der Waals surface area contributed by atoms with Crippen molar-refractivity contribution in [1.29, 1.82) is 0 Å². The summed E-state index contributed by atoms with van der Waals surface area (Å²) in [5.41, 5.74) is 1.21. The van der Waals surface area contributed by atoms with Crippen molar-refractivity contribution >= 4 is 17.5 Å². The van der Waals surface area contributed by atoms with Gasteiger partial charge in [-0.2, -0.15) is 0 Å². The van der Waals surface area contributed by atoms with E-state index in [1.54, 1.807) is 18.2 Å². The standard InChI is InChI=1S/C18H20ClNO3/c1-3-16(23-13-7-5-4-6-8-13)15-11-12(19)9-10-14(15)17(21)18(22)20-2/h4-11,16-17,21H,3H2,1-2H3,(H,20,22). The van der Waals surface area contributed by atoms with Crippen LogP contribution >= 0.6 is 11.6 Å². The molecule has 0 spiro atoms. The van der Waals surface area contributed by atoms with Gasteiger partial charge in [0.1, 0.15) is 11.9 Å². The predicted molar refractivity (Wildman–Crippen MR) is 90.6 cm³/mol. The van der Waals surface area contributed by atoms with Crippen LogP contribution in [0, 0.1) is 0 Å². The Morgan fingerprint density at radius 1 is 1.22 bits per heavy atom. The molecule has 2 aromatic rings. The van der Waals surface area contributed by atoms with Gasteiger partial charge in [0.25, 0.3) is 5.91 Å². The molecule has 0 radical (unpaired) electrons. The molecule has 122 valence electrons. The largest absolute Gasteiger partial charge is 0.486 e. The van der Waals surface area contributed by atoms with Crippen molar-refractivity contribution in [3.8, 4) is 5.75 Å². The van der Waals surface area contributed by atoms with Gasteiger partial charge in [-0.25, -0.2) is 0 Å². The van der Waals surface area contributed by atoms with E-state index >= 15 is 0 Å². The second kappa shape index (κ2) is 7.99. The highest BCUT2D eigenvalue weighted by Crippen LogP contribution is 2.32. The lowest BCUT2D eigenvalue weighted by Crippen LogP contribution is -2.27. The SMILES string of the molecule is CCC(Oc1ccccc1)c1cc(Cl)ccc1C(O)C(=O)NC. The number of nitrogens with one attached hydrogen (secondary N) is 1. The molecular weight excluding hydrogens is 314 g/mol. The molecule has 2 unspecified atom stereocenters. The van der Waals surface area contributed by atoms with E-state index < -0.39 is 12.0 Å². The first-order valence-corrected chi connectivity index (χ1v) is 7.85. The van der Waals surface area contributed by atoms with Crippen molar-refractivity contribution in [3.63, 3.8) is 0 Å². The van der Waals surface area contributed by atoms with Crippen LogP contribution < -0.4 is 10.1 Å². The predicted octanol–water partition coefficient (Wildman–Crippen LogP) is 3.65. The Labute approximate surface area is 141 Å². The molecule has 0 fully saturated rings. The van der Waals surface area contributed by atoms with Crippen molar-refractivity contribution in [3.05, 3.63) is 64.7 Å². The molecule has 4 nitrogen and oxygen atoms in total. The van der Waals surface area contributed by atoms with Gasteiger partial charge in [-0.05, 0) is 36.2 Å². The Balaban J connectivity index is 2.38. The number of aliphatic hydroxyl groups is 1. The van der Waals surface area contributed by atoms with Crippen LogP contribution in [0.5, 0.6) is 5.75 Å². The van der Waals surface area contributed by atoms with Gasteiger partial charge in [0.05, 0.1) is 0 Å². The van der Waals surface area contributed by atoms with E-state index in [4.69, 9.17) is 16.3 Å². The summed E-state index contributed by atoms with van der Waals surface area (Å²) in [7, 11) is 1.49. The summed E-state index contributed by atoms with van der Waals surface area (Å²) in [6, 6.07) is 14.5. The van der Waals surface area contributed by atoms with Gasteiger partial charge in [0, 0.05) is 17.6 Å². The lowest BCUT2D eigenvalue weighted by molar-refractivity contribution is -0.129. The van der Waals surface area contributed by atoms with E-state index in [0.717, 1.165) is 5.75 Å². The molecule has 0 aromatic heterocycles. The number of halogens is 1. The zero-order chi connectivity index (χ0) is 16.8. The van der Waals surface area contributed by atoms with Crippen molar-refractivity contribution in [1.82, 2.24) is 5.32 Å². The van der Waals surface area contributed by atoms with E-state index in [1.165, 1.54) is 7.05 Å². The Morgan fingerprint density at radius 2 is 1.91 bits per heavy atom. The van der Waals surface area contributed by atoms with Crippen LogP contribution in [0.15, 0.2) is 48.5 Å². The molecule has 0 bridgehead atoms. The number of aliphatic hydroxyl groups excluding tert-OH is 1. The number of hydrogen-bond acceptors (Lipinski definition) is 3. The van der Waals surface area contributed by atoms with Crippen LogP contribution in [0.3, 0.4) is 0 Å². The highest BCUT2D eigenvalue weighted by molar-refractivity contribution is 6.30. The molecular formula is C18H20ClNO3. The lowest BCUT2D eigenvalue weighted by atomic mass is 9.96. The first-order valence-electron chi connectivity index (χ1n) is 7.47. The summed E-state index contributed by atoms with van der Waals surface area (Å²) >= 11 is 6.10. The van der Waals surface area contributed by atoms with Gasteiger partial charge in [0.2, 0.25) is 0 Å². The number of rotatable bonds is 6. The Kier molecular flexibility index (Phi) is 6.02. The first kappa shape index (κ1) is 17.3. The lowest BCUT2D eigenvalue weighted by Gasteiger charge is -2.23. The Morgan fingerprint density at radius 3 is 2.52 bits per heavy atom. The fourth-order valence-corrected chi connectivity index (χ4v) is 2.56. The summed E-state index contributed by atoms with van der Waals surface area (Å²) in [5.74, 6) is 0.253. The number of hydrogen-bond donors (Lipinski definition) is 2. The molecule has 2 N–H and O–H groups in total. The molecule has 0 saturated carbocycles. The normalized spacial score (nSPS) is 13.2. The van der Waals surface area contributed by atoms with Crippen LogP contribution in [-0.4, -0.2) is 18.1 Å². The molecule has 2 aromatic carbocycles. The van der Waals surface area contributed by atoms with Crippen LogP contribution in [0.4, 0.5) is 0 Å². The quantitative estimate of drug-likeness (QED) is 0.848. The zero-order valence-electron chi connectivity index (χ0n) is 13.1. The molecule has 0 aliphatic rings. The summed E-state index contributed by atoms with van der Waals surface area (Å²) < 4.78 is 6.01. The van der Waals surface area contributed by atoms with Crippen molar-refractivity contribution in [2.45, 2.75) is 25.6 Å². The molecule has 5 heteroatoms. The minimum atomic E-state index is -1.26. The van der Waals surface area contributed by atoms with Gasteiger partial charge in [-0.1, -0.05) is 42.8 Å². The molecule has 2 rings (SSSR count). The van der Waals surface area contributed by atoms with Gasteiger partial charge >= 0.3 is 0 Å². The second-order valence-electron chi connectivity index (χ2n) is 5.12. The third-order valence-corrected chi connectivity index (χ3v) is 3.81. The van der Waals surface area contributed by atoms with E-state index in [1.807, 2.05) is 37.3 Å². The van der Waals surface area contributed by atoms with E-state index in [2.05, 4.69) is 5.32 Å². The monoisotopic (exact) mass is 333 g/mol. The summed E-state index contributed by atoms with van der Waals surface area (Å²) in [6.07, 6.45) is -0.908. The minimum absolute atomic E-state index is 0.314. The van der Waals surface area contributed by atoms with Gasteiger partial charge in [0.15, 0.2) is 6.10 Å². The van der Waals surface area contributed by atoms with Gasteiger partial charge in [-0.3, -0.25) is 4.79 Å². The summed E-state index contributed by atoms with van der Waals surface area (Å²) in [5, 5.41) is 13.2. The van der Waals surface area contributed by atoms with E-state index in [9.17, 15) is 9.90 Å². The van der Waals surface area contributed by atoms with Crippen LogP contribution in [0.2, 0.25) is 5.02 Å². The third-order valence-electron chi connectivity index (χ3n) is 3.58. The maximum absolute atomic E-state index is 11.8. The molecule has 0 aliphatic carbocycles. The maximum atomic E-state index is 11.8. The first-order chi connectivity index (χ1) is 11.1. The number of likely N-dealkylation sites (N-methyl/N-ethyl adjacent to an activating group) is 1. The average molecular weight is 334 g/mol. The number of benzene rings is 2. The highest BCUT2D eigenvalue weighted by Gasteiger charge is 2.24. The third kappa shape index (κ3) is 4.24. The van der Waals surface area contributed by atoms with Crippen molar-refractivity contribution < 1.29 is 14.6 Å². The topological polar surface area (TPSA) is 58.6 Å².